The Hall–Kier alpha value is -3.41. The minimum absolute atomic E-state index is 0.0206. The molecule has 1 fully saturated rings. The second-order valence-electron chi connectivity index (χ2n) is 6.49. The summed E-state index contributed by atoms with van der Waals surface area (Å²) in [7, 11) is 0. The Kier molecular flexibility index (Phi) is 5.42. The number of aliphatic hydroxyl groups is 1. The van der Waals surface area contributed by atoms with Gasteiger partial charge in [0, 0.05) is 23.4 Å². The van der Waals surface area contributed by atoms with Crippen molar-refractivity contribution in [2.45, 2.75) is 18.6 Å². The fraction of sp³-hybridized carbons (Fsp3) is 0.190. The van der Waals surface area contributed by atoms with Gasteiger partial charge in [-0.25, -0.2) is 9.78 Å². The summed E-state index contributed by atoms with van der Waals surface area (Å²) in [6.45, 7) is 0.0206. The molecule has 2 atom stereocenters. The first-order valence-corrected chi connectivity index (χ1v) is 9.84. The zero-order chi connectivity index (χ0) is 20.2. The van der Waals surface area contributed by atoms with Gasteiger partial charge in [0.15, 0.2) is 5.13 Å². The van der Waals surface area contributed by atoms with Crippen molar-refractivity contribution in [2.75, 3.05) is 11.9 Å². The Morgan fingerprint density at radius 1 is 1.24 bits per heavy atom. The average Bonchev–Trinajstić information content (AvgIpc) is 3.36. The Labute approximate surface area is 171 Å². The standard InChI is InChI=1S/C21H17N3O4S/c25-15-11-18(24(12-15)21(27)28-16-9-5-2-6-10-16)19(26)23-20-22-17(13-29-20)14-7-3-1-4-8-14/h1,3-5,7-10,13,15,18,25H,11-12H2,(H,22,23,26). The fourth-order valence-electron chi connectivity index (χ4n) is 3.08. The van der Waals surface area contributed by atoms with E-state index in [1.807, 2.05) is 35.7 Å². The number of aliphatic hydroxyl groups excluding tert-OH is 1. The minimum atomic E-state index is -0.846. The van der Waals surface area contributed by atoms with Gasteiger partial charge in [-0.05, 0) is 12.1 Å². The van der Waals surface area contributed by atoms with Crippen molar-refractivity contribution in [3.8, 4) is 17.0 Å². The molecule has 1 aliphatic heterocycles. The molecule has 29 heavy (non-hydrogen) atoms. The van der Waals surface area contributed by atoms with Gasteiger partial charge in [0.2, 0.25) is 5.91 Å². The quantitative estimate of drug-likeness (QED) is 0.694. The number of hydrogen-bond acceptors (Lipinski definition) is 6. The van der Waals surface area contributed by atoms with Crippen molar-refractivity contribution in [3.05, 3.63) is 66.0 Å². The highest BCUT2D eigenvalue weighted by Crippen LogP contribution is 2.26. The van der Waals surface area contributed by atoms with Crippen LogP contribution in [0.1, 0.15) is 6.42 Å². The number of aromatic nitrogens is 1. The molecular weight excluding hydrogens is 390 g/mol. The summed E-state index contributed by atoms with van der Waals surface area (Å²) in [4.78, 5) is 30.9. The van der Waals surface area contributed by atoms with Crippen molar-refractivity contribution in [2.24, 2.45) is 0 Å². The molecule has 1 aliphatic rings. The van der Waals surface area contributed by atoms with Crippen molar-refractivity contribution >= 4 is 28.5 Å². The normalized spacial score (nSPS) is 18.2. The molecule has 2 unspecified atom stereocenters. The molecule has 0 aliphatic carbocycles. The van der Waals surface area contributed by atoms with E-state index in [2.05, 4.69) is 22.4 Å². The molecule has 2 N–H and O–H groups in total. The summed E-state index contributed by atoms with van der Waals surface area (Å²) in [5, 5.41) is 15.0. The van der Waals surface area contributed by atoms with Crippen molar-refractivity contribution < 1.29 is 19.4 Å². The highest BCUT2D eigenvalue weighted by molar-refractivity contribution is 7.14. The van der Waals surface area contributed by atoms with Crippen molar-refractivity contribution in [1.29, 1.82) is 0 Å². The van der Waals surface area contributed by atoms with E-state index in [1.54, 1.807) is 12.1 Å². The largest absolute Gasteiger partial charge is 0.416 e. The second-order valence-corrected chi connectivity index (χ2v) is 7.35. The van der Waals surface area contributed by atoms with Gasteiger partial charge in [0.1, 0.15) is 11.8 Å². The lowest BCUT2D eigenvalue weighted by molar-refractivity contribution is -0.119. The zero-order valence-corrected chi connectivity index (χ0v) is 16.1. The summed E-state index contributed by atoms with van der Waals surface area (Å²) >= 11 is 1.30. The van der Waals surface area contributed by atoms with Gasteiger partial charge in [0.05, 0.1) is 18.3 Å². The fourth-order valence-corrected chi connectivity index (χ4v) is 3.80. The summed E-state index contributed by atoms with van der Waals surface area (Å²) in [6.07, 6.45) is -1.37. The molecule has 0 saturated carbocycles. The maximum absolute atomic E-state index is 12.8. The first kappa shape index (κ1) is 18.9. The van der Waals surface area contributed by atoms with Crippen LogP contribution in [0.2, 0.25) is 0 Å². The van der Waals surface area contributed by atoms with Gasteiger partial charge in [0.25, 0.3) is 0 Å². The van der Waals surface area contributed by atoms with E-state index in [0.717, 1.165) is 11.3 Å². The summed E-state index contributed by atoms with van der Waals surface area (Å²) < 4.78 is 5.27. The number of ether oxygens (including phenoxy) is 1. The third-order valence-corrected chi connectivity index (χ3v) is 5.21. The molecule has 0 spiro atoms. The Morgan fingerprint density at radius 2 is 2.07 bits per heavy atom. The van der Waals surface area contributed by atoms with E-state index in [4.69, 9.17) is 4.74 Å². The summed E-state index contributed by atoms with van der Waals surface area (Å²) in [6, 6.07) is 18.8. The number of anilines is 1. The number of nitrogens with zero attached hydrogens (tertiary/aromatic N) is 2. The number of carbonyl (C=O) groups excluding carboxylic acids is 2. The lowest BCUT2D eigenvalue weighted by Crippen LogP contribution is -2.44. The van der Waals surface area contributed by atoms with E-state index in [0.29, 0.717) is 10.9 Å². The van der Waals surface area contributed by atoms with Crippen LogP contribution >= 0.6 is 11.3 Å². The van der Waals surface area contributed by atoms with Gasteiger partial charge in [-0.2, -0.15) is 0 Å². The van der Waals surface area contributed by atoms with Crippen LogP contribution in [-0.2, 0) is 4.79 Å². The van der Waals surface area contributed by atoms with Crippen molar-refractivity contribution in [1.82, 2.24) is 9.88 Å². The van der Waals surface area contributed by atoms with Crippen LogP contribution in [0.15, 0.2) is 53.9 Å². The Morgan fingerprint density at radius 3 is 2.83 bits per heavy atom. The van der Waals surface area contributed by atoms with Crippen LogP contribution in [0.25, 0.3) is 11.3 Å². The second kappa shape index (κ2) is 8.31. The molecule has 4 rings (SSSR count). The van der Waals surface area contributed by atoms with Crippen LogP contribution < -0.4 is 10.1 Å². The maximum Gasteiger partial charge on any atom is 0.416 e. The number of hydrogen-bond donors (Lipinski definition) is 2. The lowest BCUT2D eigenvalue weighted by Gasteiger charge is -2.22. The Bertz CT molecular complexity index is 993. The average molecular weight is 407 g/mol. The summed E-state index contributed by atoms with van der Waals surface area (Å²) in [5.41, 5.74) is 1.70. The minimum Gasteiger partial charge on any atom is -0.409 e. The predicted octanol–water partition coefficient (Wildman–Crippen LogP) is 2.98. The number of carbonyl (C=O) groups is 2. The van der Waals surface area contributed by atoms with Crippen LogP contribution in [0.4, 0.5) is 9.93 Å². The van der Waals surface area contributed by atoms with Gasteiger partial charge < -0.3 is 15.2 Å². The van der Waals surface area contributed by atoms with Crippen LogP contribution in [0.5, 0.6) is 5.75 Å². The number of β-amino-alcohol motifs (C(OH)–C–C–N with tert-alkyl or cyclic N) is 1. The zero-order valence-electron chi connectivity index (χ0n) is 15.2. The third-order valence-electron chi connectivity index (χ3n) is 4.45. The Balaban J connectivity index is 1.44. The van der Waals surface area contributed by atoms with E-state index in [-0.39, 0.29) is 13.0 Å². The van der Waals surface area contributed by atoms with Gasteiger partial charge in [-0.3, -0.25) is 9.69 Å². The molecule has 2 amide bonds. The molecule has 1 aromatic heterocycles. The monoisotopic (exact) mass is 407 g/mol. The number of likely N-dealkylation sites (tertiary alicyclic amines) is 1. The molecular formula is C21H17N3O4S. The van der Waals surface area contributed by atoms with E-state index >= 15 is 0 Å². The van der Waals surface area contributed by atoms with Crippen LogP contribution in [0, 0.1) is 12.1 Å². The molecule has 146 valence electrons. The van der Waals surface area contributed by atoms with Gasteiger partial charge >= 0.3 is 6.09 Å². The highest BCUT2D eigenvalue weighted by Gasteiger charge is 2.40. The van der Waals surface area contributed by atoms with Crippen molar-refractivity contribution in [3.63, 3.8) is 0 Å². The topological polar surface area (TPSA) is 91.8 Å². The molecule has 2 aromatic carbocycles. The van der Waals surface area contributed by atoms with Crippen LogP contribution in [-0.4, -0.2) is 45.7 Å². The molecule has 8 heteroatoms. The first-order chi connectivity index (χ1) is 14.1. The van der Waals surface area contributed by atoms with E-state index in [9.17, 15) is 14.7 Å². The molecule has 0 radical (unpaired) electrons. The predicted molar refractivity (Wildman–Crippen MR) is 107 cm³/mol. The molecule has 1 saturated heterocycles. The molecule has 3 aromatic rings. The SMILES string of the molecule is O=C(Nc1nc(-c2ccccc2)cs1)C1CC(O)CN1C(=O)Oc1cc#ccc1. The van der Waals surface area contributed by atoms with Gasteiger partial charge in [-0.15, -0.1) is 11.3 Å². The molecule has 0 bridgehead atoms. The lowest BCUT2D eigenvalue weighted by atomic mass is 10.2. The number of thiazole rings is 1. The number of rotatable bonds is 4. The number of amides is 2. The van der Waals surface area contributed by atoms with Crippen LogP contribution in [0.3, 0.4) is 0 Å². The van der Waals surface area contributed by atoms with Gasteiger partial charge in [-0.1, -0.05) is 42.5 Å². The third kappa shape index (κ3) is 4.37. The smallest absolute Gasteiger partial charge is 0.409 e. The number of nitrogens with one attached hydrogen (secondary N) is 1. The first-order valence-electron chi connectivity index (χ1n) is 8.96. The summed E-state index contributed by atoms with van der Waals surface area (Å²) in [5.74, 6) is -0.123. The molecule has 2 heterocycles. The maximum atomic E-state index is 12.8. The highest BCUT2D eigenvalue weighted by atomic mass is 32.1. The van der Waals surface area contributed by atoms with E-state index in [1.165, 1.54) is 22.3 Å². The van der Waals surface area contributed by atoms with E-state index < -0.39 is 24.1 Å². The number of benzene rings is 1. The molecule has 7 nitrogen and oxygen atoms in total.